The maximum absolute atomic E-state index is 14.3. The van der Waals surface area contributed by atoms with Crippen molar-refractivity contribution in [1.29, 1.82) is 0 Å². The van der Waals surface area contributed by atoms with Crippen molar-refractivity contribution >= 4 is 57.7 Å². The average Bonchev–Trinajstić information content (AvgIpc) is 3.49. The van der Waals surface area contributed by atoms with E-state index in [4.69, 9.17) is 21.1 Å². The summed E-state index contributed by atoms with van der Waals surface area (Å²) in [4.78, 5) is 32.3. The Labute approximate surface area is 240 Å². The Balaban J connectivity index is 1.09. The molecule has 0 saturated carbocycles. The number of benzene rings is 2. The molecule has 3 atom stereocenters. The van der Waals surface area contributed by atoms with Crippen molar-refractivity contribution in [1.82, 2.24) is 25.9 Å². The Bertz CT molecular complexity index is 1400. The molecule has 2 fully saturated rings. The number of urea groups is 1. The van der Waals surface area contributed by atoms with E-state index in [2.05, 4.69) is 31.2 Å². The second kappa shape index (κ2) is 12.8. The molecule has 4 N–H and O–H groups in total. The van der Waals surface area contributed by atoms with E-state index in [-0.39, 0.29) is 36.3 Å². The molecule has 2 aliphatic rings. The van der Waals surface area contributed by atoms with Crippen molar-refractivity contribution in [3.63, 3.8) is 0 Å². The number of methoxy groups -OCH3 is 1. The van der Waals surface area contributed by atoms with Gasteiger partial charge in [-0.25, -0.2) is 19.2 Å². The fourth-order valence-corrected chi connectivity index (χ4v) is 6.57. The quantitative estimate of drug-likeness (QED) is 0.181. The number of anilines is 2. The van der Waals surface area contributed by atoms with Crippen molar-refractivity contribution < 1.29 is 23.5 Å². The summed E-state index contributed by atoms with van der Waals surface area (Å²) in [5.74, 6) is 1.72. The van der Waals surface area contributed by atoms with Crippen LogP contribution in [0.3, 0.4) is 0 Å². The normalized spacial score (nSPS) is 19.6. The fourth-order valence-electron chi connectivity index (χ4n) is 4.87. The number of thioether (sulfide) groups is 1. The molecule has 3 amide bonds. The topological polar surface area (TPSA) is 126 Å². The molecule has 3 heterocycles. The summed E-state index contributed by atoms with van der Waals surface area (Å²) < 4.78 is 25.7. The largest absolute Gasteiger partial charge is 0.493 e. The molecule has 2 saturated heterocycles. The molecule has 0 bridgehead atoms. The van der Waals surface area contributed by atoms with Crippen molar-refractivity contribution in [3.05, 3.63) is 47.5 Å². The molecule has 3 unspecified atom stereocenters. The molecular weight excluding hydrogens is 559 g/mol. The number of hydrogen-bond acceptors (Lipinski definition) is 8. The van der Waals surface area contributed by atoms with E-state index >= 15 is 0 Å². The summed E-state index contributed by atoms with van der Waals surface area (Å²) in [6.07, 6.45) is 4.51. The average molecular weight is 589 g/mol. The van der Waals surface area contributed by atoms with Gasteiger partial charge in [-0.2, -0.15) is 11.8 Å². The van der Waals surface area contributed by atoms with Gasteiger partial charge < -0.3 is 30.7 Å². The first kappa shape index (κ1) is 28.0. The first-order valence-electron chi connectivity index (χ1n) is 13.0. The Morgan fingerprint density at radius 1 is 1.20 bits per heavy atom. The first-order valence-corrected chi connectivity index (χ1v) is 14.5. The number of nitrogens with zero attached hydrogens (tertiary/aromatic N) is 2. The number of ether oxygens (including phenoxy) is 2. The highest BCUT2D eigenvalue weighted by Crippen LogP contribution is 2.35. The van der Waals surface area contributed by atoms with Crippen LogP contribution >= 0.6 is 23.4 Å². The Morgan fingerprint density at radius 2 is 2.08 bits per heavy atom. The second-order valence-corrected chi connectivity index (χ2v) is 11.3. The van der Waals surface area contributed by atoms with Crippen LogP contribution in [-0.4, -0.2) is 65.3 Å². The molecule has 5 rings (SSSR count). The Kier molecular flexibility index (Phi) is 8.95. The van der Waals surface area contributed by atoms with E-state index in [9.17, 15) is 14.0 Å². The molecule has 2 aliphatic heterocycles. The standard InChI is InChI=1S/C27H30ClFN6O4S/c1-38-21-11-16-19(31-14-32-26(16)33-18-7-6-15(28)10-17(18)29)12-22(21)39-9-8-30-24(36)5-3-2-4-23-25-20(13-40-23)34-27(37)35-25/h6-7,10-12,14,20,23,25H,2-5,8-9,13H2,1H3,(H,30,36)(H,31,32,33)(H2,34,35,37). The maximum Gasteiger partial charge on any atom is 0.315 e. The van der Waals surface area contributed by atoms with Gasteiger partial charge in [0.1, 0.15) is 24.6 Å². The number of hydrogen-bond donors (Lipinski definition) is 4. The van der Waals surface area contributed by atoms with Gasteiger partial charge in [0.05, 0.1) is 36.9 Å². The summed E-state index contributed by atoms with van der Waals surface area (Å²) in [6, 6.07) is 8.11. The van der Waals surface area contributed by atoms with Crippen LogP contribution in [0.2, 0.25) is 5.02 Å². The second-order valence-electron chi connectivity index (χ2n) is 9.56. The predicted octanol–water partition coefficient (Wildman–Crippen LogP) is 4.40. The number of halogens is 2. The van der Waals surface area contributed by atoms with E-state index in [0.717, 1.165) is 25.0 Å². The van der Waals surface area contributed by atoms with Gasteiger partial charge in [0, 0.05) is 33.9 Å². The fraction of sp³-hybridized carbons (Fsp3) is 0.407. The lowest BCUT2D eigenvalue weighted by molar-refractivity contribution is -0.121. The van der Waals surface area contributed by atoms with Crippen LogP contribution in [0.5, 0.6) is 11.5 Å². The van der Waals surface area contributed by atoms with Gasteiger partial charge in [-0.1, -0.05) is 18.0 Å². The molecule has 40 heavy (non-hydrogen) atoms. The molecule has 212 valence electrons. The Hall–Kier alpha value is -3.51. The number of rotatable bonds is 12. The van der Waals surface area contributed by atoms with E-state index in [0.29, 0.717) is 51.5 Å². The van der Waals surface area contributed by atoms with E-state index in [1.807, 2.05) is 11.8 Å². The van der Waals surface area contributed by atoms with Crippen molar-refractivity contribution in [2.75, 3.05) is 31.3 Å². The Morgan fingerprint density at radius 3 is 2.90 bits per heavy atom. The number of amides is 3. The van der Waals surface area contributed by atoms with Gasteiger partial charge in [0.25, 0.3) is 0 Å². The van der Waals surface area contributed by atoms with Crippen LogP contribution in [0, 0.1) is 5.82 Å². The number of fused-ring (bicyclic) bond motifs is 2. The minimum absolute atomic E-state index is 0.0280. The smallest absolute Gasteiger partial charge is 0.315 e. The highest BCUT2D eigenvalue weighted by molar-refractivity contribution is 8.00. The first-order chi connectivity index (χ1) is 19.4. The van der Waals surface area contributed by atoms with Crippen molar-refractivity contribution in [3.8, 4) is 11.5 Å². The van der Waals surface area contributed by atoms with Crippen molar-refractivity contribution in [2.45, 2.75) is 43.0 Å². The molecule has 0 spiro atoms. The summed E-state index contributed by atoms with van der Waals surface area (Å²) >= 11 is 7.73. The van der Waals surface area contributed by atoms with Crippen LogP contribution in [0.25, 0.3) is 10.9 Å². The molecule has 10 nitrogen and oxygen atoms in total. The lowest BCUT2D eigenvalue weighted by Gasteiger charge is -2.16. The molecule has 0 radical (unpaired) electrons. The van der Waals surface area contributed by atoms with E-state index in [1.54, 1.807) is 18.2 Å². The van der Waals surface area contributed by atoms with Gasteiger partial charge in [-0.05, 0) is 37.1 Å². The van der Waals surface area contributed by atoms with Crippen LogP contribution < -0.4 is 30.7 Å². The van der Waals surface area contributed by atoms with Crippen molar-refractivity contribution in [2.24, 2.45) is 0 Å². The number of carbonyl (C=O) groups is 2. The third-order valence-corrected chi connectivity index (χ3v) is 8.61. The van der Waals surface area contributed by atoms with Crippen LogP contribution in [0.15, 0.2) is 36.7 Å². The lowest BCUT2D eigenvalue weighted by Crippen LogP contribution is -2.36. The molecule has 3 aromatic rings. The lowest BCUT2D eigenvalue weighted by atomic mass is 10.0. The molecule has 2 aromatic carbocycles. The van der Waals surface area contributed by atoms with Crippen LogP contribution in [0.1, 0.15) is 25.7 Å². The third-order valence-electron chi connectivity index (χ3n) is 6.87. The summed E-state index contributed by atoms with van der Waals surface area (Å²) in [5.41, 5.74) is 0.802. The van der Waals surface area contributed by atoms with Crippen LogP contribution in [0.4, 0.5) is 20.7 Å². The highest BCUT2D eigenvalue weighted by Gasteiger charge is 2.42. The monoisotopic (exact) mass is 588 g/mol. The number of unbranched alkanes of at least 4 members (excludes halogenated alkanes) is 1. The number of nitrogens with one attached hydrogen (secondary N) is 4. The van der Waals surface area contributed by atoms with Gasteiger partial charge in [-0.3, -0.25) is 4.79 Å². The highest BCUT2D eigenvalue weighted by atomic mass is 35.5. The SMILES string of the molecule is COc1cc2c(Nc3ccc(Cl)cc3F)ncnc2cc1OCCNC(=O)CCCCC1SCC2NC(=O)NC21. The predicted molar refractivity (Wildman–Crippen MR) is 153 cm³/mol. The zero-order valence-corrected chi connectivity index (χ0v) is 23.4. The molecule has 13 heteroatoms. The molecule has 0 aliphatic carbocycles. The zero-order chi connectivity index (χ0) is 28.1. The van der Waals surface area contributed by atoms with Gasteiger partial charge in [0.15, 0.2) is 11.5 Å². The molecule has 1 aromatic heterocycles. The zero-order valence-electron chi connectivity index (χ0n) is 21.8. The maximum atomic E-state index is 14.3. The molecular formula is C27H30ClFN6O4S. The van der Waals surface area contributed by atoms with Gasteiger partial charge >= 0.3 is 6.03 Å². The summed E-state index contributed by atoms with van der Waals surface area (Å²) in [5, 5.41) is 13.1. The minimum atomic E-state index is -0.504. The van der Waals surface area contributed by atoms with E-state index in [1.165, 1.54) is 25.6 Å². The summed E-state index contributed by atoms with van der Waals surface area (Å²) in [6.45, 7) is 0.584. The number of aromatic nitrogens is 2. The summed E-state index contributed by atoms with van der Waals surface area (Å²) in [7, 11) is 1.52. The van der Waals surface area contributed by atoms with Gasteiger partial charge in [0.2, 0.25) is 5.91 Å². The van der Waals surface area contributed by atoms with E-state index < -0.39 is 5.82 Å². The van der Waals surface area contributed by atoms with Crippen LogP contribution in [-0.2, 0) is 4.79 Å². The number of carbonyl (C=O) groups excluding carboxylic acids is 2. The van der Waals surface area contributed by atoms with Gasteiger partial charge in [-0.15, -0.1) is 0 Å². The third kappa shape index (κ3) is 6.61. The minimum Gasteiger partial charge on any atom is -0.493 e.